The largest absolute Gasteiger partial charge is 0.480 e. The van der Waals surface area contributed by atoms with Gasteiger partial charge in [-0.3, -0.25) is 19.7 Å². The third-order valence-corrected chi connectivity index (χ3v) is 3.29. The molecule has 1 aromatic heterocycles. The number of nitro groups is 1. The van der Waals surface area contributed by atoms with Crippen LogP contribution in [0.2, 0.25) is 0 Å². The van der Waals surface area contributed by atoms with Gasteiger partial charge in [-0.15, -0.1) is 0 Å². The Morgan fingerprint density at radius 1 is 1.43 bits per heavy atom. The van der Waals surface area contributed by atoms with E-state index in [0.29, 0.717) is 10.9 Å². The van der Waals surface area contributed by atoms with Crippen molar-refractivity contribution in [1.29, 1.82) is 0 Å². The summed E-state index contributed by atoms with van der Waals surface area (Å²) in [6.45, 7) is -0.200. The number of hydrogen-bond donors (Lipinski definition) is 2. The summed E-state index contributed by atoms with van der Waals surface area (Å²) in [6, 6.07) is 4.11. The van der Waals surface area contributed by atoms with Crippen LogP contribution >= 0.6 is 0 Å². The number of carbonyl (C=O) groups is 2. The molecule has 0 unspecified atom stereocenters. The number of aromatic nitrogens is 1. The summed E-state index contributed by atoms with van der Waals surface area (Å²) >= 11 is 0. The number of H-pyrrole nitrogens is 1. The molecule has 0 spiro atoms. The van der Waals surface area contributed by atoms with Gasteiger partial charge in [-0.1, -0.05) is 0 Å². The lowest BCUT2D eigenvalue weighted by atomic mass is 10.1. The molecule has 0 saturated heterocycles. The Morgan fingerprint density at radius 3 is 2.78 bits per heavy atom. The summed E-state index contributed by atoms with van der Waals surface area (Å²) in [5.74, 6) is -1.68. The topological polar surface area (TPSA) is 126 Å². The molecular formula is C14H15N3O6. The van der Waals surface area contributed by atoms with Gasteiger partial charge in [0.05, 0.1) is 17.1 Å². The van der Waals surface area contributed by atoms with Gasteiger partial charge >= 0.3 is 5.97 Å². The molecule has 0 saturated carbocycles. The molecule has 1 heterocycles. The molecule has 2 N–H and O–H groups in total. The second-order valence-electron chi connectivity index (χ2n) is 4.80. The predicted molar refractivity (Wildman–Crippen MR) is 80.4 cm³/mol. The first kappa shape index (κ1) is 16.4. The lowest BCUT2D eigenvalue weighted by Gasteiger charge is -2.19. The number of amides is 1. The Labute approximate surface area is 130 Å². The van der Waals surface area contributed by atoms with Crippen LogP contribution in [0.4, 0.5) is 5.69 Å². The molecule has 0 aliphatic rings. The molecule has 9 heteroatoms. The minimum absolute atomic E-state index is 0.100. The van der Waals surface area contributed by atoms with Crippen LogP contribution in [0.3, 0.4) is 0 Å². The molecule has 2 aromatic rings. The molecule has 9 nitrogen and oxygen atoms in total. The molecular weight excluding hydrogens is 306 g/mol. The van der Waals surface area contributed by atoms with E-state index in [-0.39, 0.29) is 24.4 Å². The predicted octanol–water partition coefficient (Wildman–Crippen LogP) is 1.25. The molecule has 0 aliphatic carbocycles. The SMILES string of the molecule is COCCN(CC(=O)O)C(=O)c1c[nH]c2ccc([N+](=O)[O-])cc12. The van der Waals surface area contributed by atoms with E-state index < -0.39 is 23.3 Å². The lowest BCUT2D eigenvalue weighted by Crippen LogP contribution is -2.37. The van der Waals surface area contributed by atoms with Gasteiger partial charge in [0.1, 0.15) is 6.54 Å². The third-order valence-electron chi connectivity index (χ3n) is 3.29. The van der Waals surface area contributed by atoms with Gasteiger partial charge in [-0.2, -0.15) is 0 Å². The van der Waals surface area contributed by atoms with Crippen LogP contribution in [-0.4, -0.2) is 58.6 Å². The maximum atomic E-state index is 12.6. The van der Waals surface area contributed by atoms with Crippen molar-refractivity contribution in [1.82, 2.24) is 9.88 Å². The number of benzene rings is 1. The summed E-state index contributed by atoms with van der Waals surface area (Å²) in [5, 5.41) is 20.2. The van der Waals surface area contributed by atoms with Crippen LogP contribution in [-0.2, 0) is 9.53 Å². The van der Waals surface area contributed by atoms with Crippen molar-refractivity contribution in [3.05, 3.63) is 40.1 Å². The normalized spacial score (nSPS) is 10.7. The molecule has 0 aliphatic heterocycles. The van der Waals surface area contributed by atoms with E-state index in [4.69, 9.17) is 9.84 Å². The number of rotatable bonds is 7. The molecule has 1 amide bonds. The minimum Gasteiger partial charge on any atom is -0.480 e. The first-order chi connectivity index (χ1) is 10.9. The number of methoxy groups -OCH3 is 1. The zero-order chi connectivity index (χ0) is 17.0. The summed E-state index contributed by atoms with van der Waals surface area (Å²) in [7, 11) is 1.44. The van der Waals surface area contributed by atoms with E-state index in [1.54, 1.807) is 0 Å². The van der Waals surface area contributed by atoms with E-state index in [9.17, 15) is 19.7 Å². The van der Waals surface area contributed by atoms with E-state index in [2.05, 4.69) is 4.98 Å². The van der Waals surface area contributed by atoms with Crippen molar-refractivity contribution < 1.29 is 24.4 Å². The Kier molecular flexibility index (Phi) is 4.91. The molecule has 1 aromatic carbocycles. The second kappa shape index (κ2) is 6.88. The number of aliphatic carboxylic acids is 1. The fraction of sp³-hybridized carbons (Fsp3) is 0.286. The summed E-state index contributed by atoms with van der Waals surface area (Å²) in [5.41, 5.74) is 0.592. The minimum atomic E-state index is -1.15. The van der Waals surface area contributed by atoms with Crippen LogP contribution in [0.25, 0.3) is 10.9 Å². The number of carboxylic acid groups (broad SMARTS) is 1. The second-order valence-corrected chi connectivity index (χ2v) is 4.80. The average Bonchev–Trinajstić information content (AvgIpc) is 2.93. The highest BCUT2D eigenvalue weighted by molar-refractivity contribution is 6.07. The van der Waals surface area contributed by atoms with Gasteiger partial charge in [0, 0.05) is 42.9 Å². The Hall–Kier alpha value is -2.94. The van der Waals surface area contributed by atoms with Crippen molar-refractivity contribution in [2.45, 2.75) is 0 Å². The Morgan fingerprint density at radius 2 is 2.17 bits per heavy atom. The zero-order valence-electron chi connectivity index (χ0n) is 12.3. The average molecular weight is 321 g/mol. The molecule has 122 valence electrons. The van der Waals surface area contributed by atoms with Crippen molar-refractivity contribution in [3.8, 4) is 0 Å². The molecule has 0 fully saturated rings. The third kappa shape index (κ3) is 3.64. The number of aromatic amines is 1. The van der Waals surface area contributed by atoms with E-state index in [1.807, 2.05) is 0 Å². The van der Waals surface area contributed by atoms with Crippen LogP contribution in [0, 0.1) is 10.1 Å². The van der Waals surface area contributed by atoms with Gasteiger partial charge in [-0.05, 0) is 6.07 Å². The maximum Gasteiger partial charge on any atom is 0.323 e. The first-order valence-corrected chi connectivity index (χ1v) is 6.69. The lowest BCUT2D eigenvalue weighted by molar-refractivity contribution is -0.384. The number of carbonyl (C=O) groups excluding carboxylic acids is 1. The van der Waals surface area contributed by atoms with E-state index in [1.165, 1.54) is 31.5 Å². The van der Waals surface area contributed by atoms with Crippen molar-refractivity contribution in [3.63, 3.8) is 0 Å². The highest BCUT2D eigenvalue weighted by Crippen LogP contribution is 2.24. The van der Waals surface area contributed by atoms with Gasteiger partial charge < -0.3 is 19.7 Å². The van der Waals surface area contributed by atoms with E-state index in [0.717, 1.165) is 4.90 Å². The van der Waals surface area contributed by atoms with Gasteiger partial charge in [-0.25, -0.2) is 0 Å². The number of ether oxygens (including phenoxy) is 1. The molecule has 2 rings (SSSR count). The molecule has 0 bridgehead atoms. The van der Waals surface area contributed by atoms with Crippen LogP contribution in [0.5, 0.6) is 0 Å². The van der Waals surface area contributed by atoms with Crippen molar-refractivity contribution in [2.75, 3.05) is 26.8 Å². The molecule has 23 heavy (non-hydrogen) atoms. The van der Waals surface area contributed by atoms with Crippen LogP contribution in [0.1, 0.15) is 10.4 Å². The molecule has 0 radical (unpaired) electrons. The highest BCUT2D eigenvalue weighted by atomic mass is 16.6. The maximum absolute atomic E-state index is 12.6. The number of nitrogens with one attached hydrogen (secondary N) is 1. The molecule has 0 atom stereocenters. The van der Waals surface area contributed by atoms with Crippen LogP contribution in [0.15, 0.2) is 24.4 Å². The van der Waals surface area contributed by atoms with Gasteiger partial charge in [0.25, 0.3) is 11.6 Å². The first-order valence-electron chi connectivity index (χ1n) is 6.69. The smallest absolute Gasteiger partial charge is 0.323 e. The van der Waals surface area contributed by atoms with Crippen molar-refractivity contribution in [2.24, 2.45) is 0 Å². The zero-order valence-corrected chi connectivity index (χ0v) is 12.3. The summed E-state index contributed by atoms with van der Waals surface area (Å²) in [6.07, 6.45) is 1.42. The van der Waals surface area contributed by atoms with E-state index >= 15 is 0 Å². The van der Waals surface area contributed by atoms with Gasteiger partial charge in [0.15, 0.2) is 0 Å². The number of nitro benzene ring substituents is 1. The van der Waals surface area contributed by atoms with Crippen LogP contribution < -0.4 is 0 Å². The van der Waals surface area contributed by atoms with Gasteiger partial charge in [0.2, 0.25) is 0 Å². The number of hydrogen-bond acceptors (Lipinski definition) is 5. The number of nitrogens with zero attached hydrogens (tertiary/aromatic N) is 2. The van der Waals surface area contributed by atoms with Crippen molar-refractivity contribution >= 4 is 28.5 Å². The fourth-order valence-electron chi connectivity index (χ4n) is 2.19. The summed E-state index contributed by atoms with van der Waals surface area (Å²) in [4.78, 5) is 37.8. The Balaban J connectivity index is 2.39. The number of fused-ring (bicyclic) bond motifs is 1. The fourth-order valence-corrected chi connectivity index (χ4v) is 2.19. The number of carboxylic acids is 1. The highest BCUT2D eigenvalue weighted by Gasteiger charge is 2.22. The standard InChI is InChI=1S/C14H15N3O6/c1-23-5-4-16(8-13(18)19)14(20)11-7-15-12-3-2-9(17(21)22)6-10(11)12/h2-3,6-7,15H,4-5,8H2,1H3,(H,18,19). The quantitative estimate of drug-likeness (QED) is 0.584. The number of non-ortho nitro benzene ring substituents is 1. The monoisotopic (exact) mass is 321 g/mol. The summed E-state index contributed by atoms with van der Waals surface area (Å²) < 4.78 is 4.88. The Bertz CT molecular complexity index is 754.